The number of nitrogens with zero attached hydrogens (tertiary/aromatic N) is 2. The average molecular weight is 285 g/mol. The van der Waals surface area contributed by atoms with Gasteiger partial charge in [0, 0.05) is 44.6 Å². The second kappa shape index (κ2) is 5.64. The van der Waals surface area contributed by atoms with Crippen molar-refractivity contribution in [3.05, 3.63) is 18.0 Å². The van der Waals surface area contributed by atoms with Crippen molar-refractivity contribution in [1.82, 2.24) is 14.2 Å². The summed E-state index contributed by atoms with van der Waals surface area (Å²) in [6.07, 6.45) is 4.17. The number of aryl methyl sites for hydroxylation is 1. The maximum Gasteiger partial charge on any atom is 0.244 e. The van der Waals surface area contributed by atoms with Gasteiger partial charge in [0.2, 0.25) is 10.0 Å². The molecule has 1 aliphatic carbocycles. The zero-order valence-electron chi connectivity index (χ0n) is 11.9. The van der Waals surface area contributed by atoms with Crippen LogP contribution in [-0.4, -0.2) is 36.4 Å². The van der Waals surface area contributed by atoms with Crippen molar-refractivity contribution in [3.8, 4) is 0 Å². The standard InChI is InChI=1S/C13H23N3O2S/c1-4-16(5-2)19(17,18)13-8-12(15(3)10-13)9-14-11-6-7-11/h8,10-11,14H,4-7,9H2,1-3H3. The molecule has 1 aromatic rings. The van der Waals surface area contributed by atoms with Gasteiger partial charge in [0.05, 0.1) is 0 Å². The minimum Gasteiger partial charge on any atom is -0.352 e. The highest BCUT2D eigenvalue weighted by molar-refractivity contribution is 7.89. The van der Waals surface area contributed by atoms with Crippen LogP contribution in [0.25, 0.3) is 0 Å². The smallest absolute Gasteiger partial charge is 0.244 e. The second-order valence-electron chi connectivity index (χ2n) is 5.02. The molecule has 0 unspecified atom stereocenters. The first kappa shape index (κ1) is 14.6. The Labute approximate surface area is 115 Å². The van der Waals surface area contributed by atoms with Gasteiger partial charge in [-0.25, -0.2) is 8.42 Å². The zero-order valence-corrected chi connectivity index (χ0v) is 12.7. The van der Waals surface area contributed by atoms with Crippen molar-refractivity contribution in [2.24, 2.45) is 7.05 Å². The van der Waals surface area contributed by atoms with E-state index in [0.717, 1.165) is 12.2 Å². The fourth-order valence-electron chi connectivity index (χ4n) is 2.14. The first-order valence-corrected chi connectivity index (χ1v) is 8.31. The monoisotopic (exact) mass is 285 g/mol. The molecule has 19 heavy (non-hydrogen) atoms. The third-order valence-electron chi connectivity index (χ3n) is 3.58. The average Bonchev–Trinajstić information content (AvgIpc) is 3.11. The predicted octanol–water partition coefficient (Wildman–Crippen LogP) is 1.31. The molecular weight excluding hydrogens is 262 g/mol. The summed E-state index contributed by atoms with van der Waals surface area (Å²) in [5.74, 6) is 0. The predicted molar refractivity (Wildman–Crippen MR) is 75.4 cm³/mol. The molecule has 1 fully saturated rings. The van der Waals surface area contributed by atoms with E-state index < -0.39 is 10.0 Å². The summed E-state index contributed by atoms with van der Waals surface area (Å²) in [6, 6.07) is 2.40. The number of sulfonamides is 1. The maximum atomic E-state index is 12.4. The van der Waals surface area contributed by atoms with Crippen LogP contribution in [0, 0.1) is 0 Å². The van der Waals surface area contributed by atoms with E-state index in [1.165, 1.54) is 17.1 Å². The third kappa shape index (κ3) is 3.19. The molecule has 6 heteroatoms. The molecular formula is C13H23N3O2S. The van der Waals surface area contributed by atoms with Crippen molar-refractivity contribution in [2.75, 3.05) is 13.1 Å². The summed E-state index contributed by atoms with van der Waals surface area (Å²) < 4.78 is 28.2. The molecule has 108 valence electrons. The van der Waals surface area contributed by atoms with E-state index in [0.29, 0.717) is 24.0 Å². The van der Waals surface area contributed by atoms with Crippen LogP contribution in [0.1, 0.15) is 32.4 Å². The van der Waals surface area contributed by atoms with E-state index in [9.17, 15) is 8.42 Å². The Hall–Kier alpha value is -0.850. The lowest BCUT2D eigenvalue weighted by Crippen LogP contribution is -2.30. The van der Waals surface area contributed by atoms with Gasteiger partial charge < -0.3 is 9.88 Å². The van der Waals surface area contributed by atoms with Crippen LogP contribution >= 0.6 is 0 Å². The molecule has 0 bridgehead atoms. The topological polar surface area (TPSA) is 54.3 Å². The minimum absolute atomic E-state index is 0.395. The largest absolute Gasteiger partial charge is 0.352 e. The van der Waals surface area contributed by atoms with E-state index in [4.69, 9.17) is 0 Å². The van der Waals surface area contributed by atoms with Gasteiger partial charge in [-0.2, -0.15) is 4.31 Å². The number of nitrogens with one attached hydrogen (secondary N) is 1. The van der Waals surface area contributed by atoms with E-state index in [1.54, 1.807) is 12.3 Å². The Bertz CT molecular complexity index is 528. The van der Waals surface area contributed by atoms with Gasteiger partial charge in [0.25, 0.3) is 0 Å². The molecule has 1 aromatic heterocycles. The summed E-state index contributed by atoms with van der Waals surface area (Å²) in [7, 11) is -1.45. The summed E-state index contributed by atoms with van der Waals surface area (Å²) in [4.78, 5) is 0.395. The van der Waals surface area contributed by atoms with Gasteiger partial charge in [-0.1, -0.05) is 13.8 Å². The summed E-state index contributed by atoms with van der Waals surface area (Å²) >= 11 is 0. The van der Waals surface area contributed by atoms with E-state index in [2.05, 4.69) is 5.32 Å². The molecule has 5 nitrogen and oxygen atoms in total. The number of rotatable bonds is 7. The summed E-state index contributed by atoms with van der Waals surface area (Å²) in [6.45, 7) is 5.46. The van der Waals surface area contributed by atoms with E-state index in [1.807, 2.05) is 25.5 Å². The lowest BCUT2D eigenvalue weighted by Gasteiger charge is -2.17. The number of hydrogen-bond donors (Lipinski definition) is 1. The van der Waals surface area contributed by atoms with Crippen LogP contribution in [-0.2, 0) is 23.6 Å². The van der Waals surface area contributed by atoms with E-state index in [-0.39, 0.29) is 0 Å². The first-order valence-electron chi connectivity index (χ1n) is 6.87. The van der Waals surface area contributed by atoms with Crippen LogP contribution in [0.5, 0.6) is 0 Å². The molecule has 2 rings (SSSR count). The maximum absolute atomic E-state index is 12.4. The van der Waals surface area contributed by atoms with Crippen molar-refractivity contribution >= 4 is 10.0 Å². The quantitative estimate of drug-likeness (QED) is 0.822. The van der Waals surface area contributed by atoms with Crippen molar-refractivity contribution in [1.29, 1.82) is 0 Å². The Morgan fingerprint density at radius 3 is 2.53 bits per heavy atom. The summed E-state index contributed by atoms with van der Waals surface area (Å²) in [5.41, 5.74) is 1.01. The molecule has 1 aliphatic rings. The third-order valence-corrected chi connectivity index (χ3v) is 5.59. The molecule has 1 saturated carbocycles. The van der Waals surface area contributed by atoms with Crippen LogP contribution in [0.15, 0.2) is 17.2 Å². The van der Waals surface area contributed by atoms with Crippen LogP contribution in [0.4, 0.5) is 0 Å². The molecule has 0 radical (unpaired) electrons. The zero-order chi connectivity index (χ0) is 14.0. The minimum atomic E-state index is -3.34. The van der Waals surface area contributed by atoms with Crippen molar-refractivity contribution in [2.45, 2.75) is 44.2 Å². The Balaban J connectivity index is 2.17. The molecule has 1 heterocycles. The fraction of sp³-hybridized carbons (Fsp3) is 0.692. The molecule has 1 N–H and O–H groups in total. The molecule has 0 saturated heterocycles. The fourth-order valence-corrected chi connectivity index (χ4v) is 3.70. The molecule has 0 spiro atoms. The molecule has 0 aliphatic heterocycles. The number of aromatic nitrogens is 1. The van der Waals surface area contributed by atoms with Crippen LogP contribution in [0.2, 0.25) is 0 Å². The normalized spacial score (nSPS) is 16.2. The highest BCUT2D eigenvalue weighted by atomic mass is 32.2. The highest BCUT2D eigenvalue weighted by Gasteiger charge is 2.25. The molecule has 0 atom stereocenters. The molecule has 0 aromatic carbocycles. The SMILES string of the molecule is CCN(CC)S(=O)(=O)c1cc(CNC2CC2)n(C)c1. The van der Waals surface area contributed by atoms with Gasteiger partial charge in [-0.05, 0) is 18.9 Å². The second-order valence-corrected chi connectivity index (χ2v) is 6.96. The molecule has 0 amide bonds. The number of hydrogen-bond acceptors (Lipinski definition) is 3. The lowest BCUT2D eigenvalue weighted by molar-refractivity contribution is 0.445. The van der Waals surface area contributed by atoms with Gasteiger partial charge in [-0.15, -0.1) is 0 Å². The van der Waals surface area contributed by atoms with Gasteiger partial charge in [-0.3, -0.25) is 0 Å². The Kier molecular flexibility index (Phi) is 4.32. The van der Waals surface area contributed by atoms with Crippen molar-refractivity contribution < 1.29 is 8.42 Å². The van der Waals surface area contributed by atoms with Gasteiger partial charge >= 0.3 is 0 Å². The Morgan fingerprint density at radius 2 is 2.00 bits per heavy atom. The van der Waals surface area contributed by atoms with Crippen LogP contribution < -0.4 is 5.32 Å². The first-order chi connectivity index (χ1) is 8.98. The van der Waals surface area contributed by atoms with Gasteiger partial charge in [0.15, 0.2) is 0 Å². The van der Waals surface area contributed by atoms with Crippen LogP contribution in [0.3, 0.4) is 0 Å². The highest BCUT2D eigenvalue weighted by Crippen LogP contribution is 2.21. The Morgan fingerprint density at radius 1 is 1.37 bits per heavy atom. The van der Waals surface area contributed by atoms with E-state index >= 15 is 0 Å². The van der Waals surface area contributed by atoms with Gasteiger partial charge in [0.1, 0.15) is 4.90 Å². The summed E-state index contributed by atoms with van der Waals surface area (Å²) in [5, 5.41) is 3.41. The lowest BCUT2D eigenvalue weighted by atomic mass is 10.4. The van der Waals surface area contributed by atoms with Crippen molar-refractivity contribution in [3.63, 3.8) is 0 Å².